The number of esters is 1. The van der Waals surface area contributed by atoms with E-state index in [9.17, 15) is 9.59 Å². The Morgan fingerprint density at radius 3 is 2.58 bits per heavy atom. The highest BCUT2D eigenvalue weighted by molar-refractivity contribution is 7.21. The lowest BCUT2D eigenvalue weighted by molar-refractivity contribution is 0.0601. The number of methoxy groups -OCH3 is 1. The fraction of sp³-hybridized carbons (Fsp3) is 0.240. The monoisotopic (exact) mass is 477 g/mol. The average molecular weight is 478 g/mol. The van der Waals surface area contributed by atoms with Gasteiger partial charge in [-0.1, -0.05) is 29.8 Å². The van der Waals surface area contributed by atoms with E-state index < -0.39 is 5.97 Å². The fourth-order valence-electron chi connectivity index (χ4n) is 4.18. The van der Waals surface area contributed by atoms with Crippen LogP contribution in [0.25, 0.3) is 21.5 Å². The molecule has 0 fully saturated rings. The number of carbonyl (C=O) groups excluding carboxylic acids is 2. The minimum absolute atomic E-state index is 0.337. The number of pyridine rings is 1. The third-order valence-corrected chi connectivity index (χ3v) is 8.26. The maximum atomic E-state index is 13.2. The molecule has 3 aromatic heterocycles. The molecule has 1 aliphatic rings. The molecule has 0 unspecified atom stereocenters. The van der Waals surface area contributed by atoms with Gasteiger partial charge in [0.05, 0.1) is 24.1 Å². The molecule has 8 heteroatoms. The lowest BCUT2D eigenvalue weighted by Crippen LogP contribution is -2.15. The van der Waals surface area contributed by atoms with E-state index in [-0.39, 0.29) is 5.91 Å². The minimum atomic E-state index is -0.418. The summed E-state index contributed by atoms with van der Waals surface area (Å²) < 4.78 is 5.01. The molecule has 1 aromatic carbocycles. The first-order valence-corrected chi connectivity index (χ1v) is 12.4. The molecule has 0 aliphatic heterocycles. The van der Waals surface area contributed by atoms with E-state index in [4.69, 9.17) is 15.5 Å². The predicted molar refractivity (Wildman–Crippen MR) is 134 cm³/mol. The predicted octanol–water partition coefficient (Wildman–Crippen LogP) is 5.83. The van der Waals surface area contributed by atoms with Crippen LogP contribution in [0.1, 0.15) is 48.9 Å². The third-order valence-electron chi connectivity index (χ3n) is 5.94. The van der Waals surface area contributed by atoms with Gasteiger partial charge in [-0.25, -0.2) is 9.78 Å². The minimum Gasteiger partial charge on any atom is -0.465 e. The molecule has 3 heterocycles. The number of rotatable bonds is 4. The van der Waals surface area contributed by atoms with Crippen LogP contribution < -0.4 is 11.1 Å². The van der Waals surface area contributed by atoms with Crippen molar-refractivity contribution in [3.63, 3.8) is 0 Å². The Morgan fingerprint density at radius 2 is 1.82 bits per heavy atom. The first-order chi connectivity index (χ1) is 16.0. The van der Waals surface area contributed by atoms with Crippen LogP contribution in [-0.4, -0.2) is 24.0 Å². The van der Waals surface area contributed by atoms with Gasteiger partial charge in [0, 0.05) is 15.8 Å². The highest BCUT2D eigenvalue weighted by atomic mass is 32.1. The van der Waals surface area contributed by atoms with Crippen LogP contribution in [0.15, 0.2) is 36.4 Å². The van der Waals surface area contributed by atoms with Gasteiger partial charge in [0.1, 0.15) is 14.7 Å². The molecule has 4 aromatic rings. The van der Waals surface area contributed by atoms with Crippen molar-refractivity contribution in [3.8, 4) is 11.3 Å². The molecular weight excluding hydrogens is 454 g/mol. The number of thiophene rings is 2. The summed E-state index contributed by atoms with van der Waals surface area (Å²) in [4.78, 5) is 32.7. The summed E-state index contributed by atoms with van der Waals surface area (Å²) in [5.74, 6) is -0.755. The summed E-state index contributed by atoms with van der Waals surface area (Å²) >= 11 is 2.72. The number of hydrogen-bond donors (Lipinski definition) is 2. The number of anilines is 2. The van der Waals surface area contributed by atoms with Crippen molar-refractivity contribution in [2.24, 2.45) is 0 Å². The molecule has 0 saturated carbocycles. The molecule has 0 saturated heterocycles. The number of ether oxygens (including phenoxy) is 1. The Bertz CT molecular complexity index is 1390. The second kappa shape index (κ2) is 8.61. The fourth-order valence-corrected chi connectivity index (χ4v) is 6.44. The van der Waals surface area contributed by atoms with Crippen LogP contribution in [0.4, 0.5) is 10.7 Å². The van der Waals surface area contributed by atoms with Crippen molar-refractivity contribution < 1.29 is 14.3 Å². The van der Waals surface area contributed by atoms with E-state index in [1.54, 1.807) is 0 Å². The number of nitrogens with zero attached hydrogens (tertiary/aromatic N) is 1. The second-order valence-corrected chi connectivity index (χ2v) is 10.2. The molecule has 0 bridgehead atoms. The SMILES string of the molecule is COC(=O)c1c(NC(=O)c2sc3nc(-c4ccc(C)cc4)ccc3c2N)sc2c1CCCC2. The molecule has 1 aliphatic carbocycles. The van der Waals surface area contributed by atoms with Crippen LogP contribution >= 0.6 is 22.7 Å². The van der Waals surface area contributed by atoms with Crippen molar-refractivity contribution in [3.05, 3.63) is 62.8 Å². The Labute approximate surface area is 199 Å². The molecule has 6 nitrogen and oxygen atoms in total. The summed E-state index contributed by atoms with van der Waals surface area (Å²) in [6.45, 7) is 2.04. The molecule has 0 atom stereocenters. The van der Waals surface area contributed by atoms with Gasteiger partial charge in [-0.3, -0.25) is 4.79 Å². The third kappa shape index (κ3) is 3.89. The number of hydrogen-bond acceptors (Lipinski definition) is 7. The lowest BCUT2D eigenvalue weighted by atomic mass is 9.95. The van der Waals surface area contributed by atoms with E-state index >= 15 is 0 Å². The number of nitrogens with two attached hydrogens (primary N) is 1. The highest BCUT2D eigenvalue weighted by Gasteiger charge is 2.28. The van der Waals surface area contributed by atoms with Crippen molar-refractivity contribution in [2.45, 2.75) is 32.6 Å². The maximum Gasteiger partial charge on any atom is 0.341 e. The zero-order valence-corrected chi connectivity index (χ0v) is 20.0. The van der Waals surface area contributed by atoms with E-state index in [1.807, 2.05) is 43.3 Å². The quantitative estimate of drug-likeness (QED) is 0.361. The number of nitrogens with one attached hydrogen (secondary N) is 1. The number of benzene rings is 1. The Kier molecular flexibility index (Phi) is 5.64. The van der Waals surface area contributed by atoms with E-state index in [0.29, 0.717) is 26.0 Å². The first kappa shape index (κ1) is 21.6. The zero-order valence-electron chi connectivity index (χ0n) is 18.4. The largest absolute Gasteiger partial charge is 0.465 e. The molecule has 0 radical (unpaired) electrons. The molecular formula is C25H23N3O3S2. The van der Waals surface area contributed by atoms with E-state index in [2.05, 4.69) is 5.32 Å². The average Bonchev–Trinajstić information content (AvgIpc) is 3.36. The zero-order chi connectivity index (χ0) is 23.1. The number of amides is 1. The summed E-state index contributed by atoms with van der Waals surface area (Å²) in [5.41, 5.74) is 11.2. The Morgan fingerprint density at radius 1 is 1.06 bits per heavy atom. The lowest BCUT2D eigenvalue weighted by Gasteiger charge is -2.11. The van der Waals surface area contributed by atoms with Crippen LogP contribution in [0.2, 0.25) is 0 Å². The maximum absolute atomic E-state index is 13.2. The van der Waals surface area contributed by atoms with Gasteiger partial charge in [0.25, 0.3) is 5.91 Å². The normalized spacial score (nSPS) is 13.0. The molecule has 33 heavy (non-hydrogen) atoms. The summed E-state index contributed by atoms with van der Waals surface area (Å²) in [7, 11) is 1.36. The van der Waals surface area contributed by atoms with Crippen LogP contribution in [0.5, 0.6) is 0 Å². The number of aromatic nitrogens is 1. The van der Waals surface area contributed by atoms with Crippen molar-refractivity contribution in [2.75, 3.05) is 18.2 Å². The van der Waals surface area contributed by atoms with Gasteiger partial charge in [0.2, 0.25) is 0 Å². The van der Waals surface area contributed by atoms with Crippen molar-refractivity contribution in [1.82, 2.24) is 4.98 Å². The topological polar surface area (TPSA) is 94.3 Å². The Balaban J connectivity index is 1.49. The number of carbonyl (C=O) groups is 2. The van der Waals surface area contributed by atoms with E-state index in [1.165, 1.54) is 35.3 Å². The number of nitrogen functional groups attached to an aromatic ring is 1. The van der Waals surface area contributed by atoms with Crippen LogP contribution in [0, 0.1) is 6.92 Å². The molecule has 1 amide bonds. The van der Waals surface area contributed by atoms with Gasteiger partial charge < -0.3 is 15.8 Å². The Hall–Kier alpha value is -3.23. The molecule has 168 valence electrons. The van der Waals surface area contributed by atoms with Gasteiger partial charge in [-0.05, 0) is 50.3 Å². The second-order valence-electron chi connectivity index (χ2n) is 8.12. The number of fused-ring (bicyclic) bond motifs is 2. The molecule has 3 N–H and O–H groups in total. The summed E-state index contributed by atoms with van der Waals surface area (Å²) in [6.07, 6.45) is 3.85. The summed E-state index contributed by atoms with van der Waals surface area (Å²) in [5, 5.41) is 4.22. The van der Waals surface area contributed by atoms with Gasteiger partial charge >= 0.3 is 5.97 Å². The van der Waals surface area contributed by atoms with Crippen molar-refractivity contribution in [1.29, 1.82) is 0 Å². The van der Waals surface area contributed by atoms with Gasteiger partial charge in [-0.2, -0.15) is 0 Å². The smallest absolute Gasteiger partial charge is 0.341 e. The van der Waals surface area contributed by atoms with Crippen molar-refractivity contribution >= 4 is 55.5 Å². The van der Waals surface area contributed by atoms with Crippen LogP contribution in [0.3, 0.4) is 0 Å². The van der Waals surface area contributed by atoms with E-state index in [0.717, 1.165) is 52.8 Å². The highest BCUT2D eigenvalue weighted by Crippen LogP contribution is 2.40. The number of aryl methyl sites for hydroxylation is 2. The standard InChI is InChI=1S/C25H23N3O3S2/c1-13-7-9-14(10-8-13)17-12-11-16-20(26)21(33-23(16)27-17)22(29)28-24-19(25(30)31-2)15-5-3-4-6-18(15)32-24/h7-12H,3-6,26H2,1-2H3,(H,28,29). The van der Waals surface area contributed by atoms with Gasteiger partial charge in [-0.15, -0.1) is 22.7 Å². The van der Waals surface area contributed by atoms with Crippen LogP contribution in [-0.2, 0) is 17.6 Å². The first-order valence-electron chi connectivity index (χ1n) is 10.8. The molecule has 0 spiro atoms. The summed E-state index contributed by atoms with van der Waals surface area (Å²) in [6, 6.07) is 12.0. The molecule has 5 rings (SSSR count). The van der Waals surface area contributed by atoms with Gasteiger partial charge in [0.15, 0.2) is 0 Å².